The third-order valence-corrected chi connectivity index (χ3v) is 31.1. The Bertz CT molecular complexity index is 8070. The van der Waals surface area contributed by atoms with Gasteiger partial charge in [0, 0.05) is 71.9 Å². The van der Waals surface area contributed by atoms with Crippen LogP contribution in [0.2, 0.25) is 0 Å². The van der Waals surface area contributed by atoms with E-state index in [0.717, 1.165) is 107 Å². The van der Waals surface area contributed by atoms with Gasteiger partial charge in [-0.3, -0.25) is 15.0 Å². The fourth-order valence-electron chi connectivity index (χ4n) is 24.8. The van der Waals surface area contributed by atoms with Gasteiger partial charge in [0.05, 0.1) is 53.9 Å². The van der Waals surface area contributed by atoms with Crippen LogP contribution < -0.4 is 125 Å². The fraction of sp³-hybridized carbons (Fsp3) is 0.0902. The summed E-state index contributed by atoms with van der Waals surface area (Å²) in [7, 11) is 0. The van der Waals surface area contributed by atoms with Crippen molar-refractivity contribution < 1.29 is 42.6 Å². The van der Waals surface area contributed by atoms with Crippen LogP contribution in [0.25, 0.3) is 49.7 Å². The summed E-state index contributed by atoms with van der Waals surface area (Å²) in [5.41, 5.74) is 38.1. The lowest BCUT2D eigenvalue weighted by Gasteiger charge is -2.52. The van der Waals surface area contributed by atoms with Gasteiger partial charge in [-0.15, -0.1) is 0 Å². The molecule has 0 radical (unpaired) electrons. The van der Waals surface area contributed by atoms with Crippen LogP contribution in [0, 0.1) is 13.8 Å². The van der Waals surface area contributed by atoms with Gasteiger partial charge >= 0.3 is 0 Å². The molecule has 0 fully saturated rings. The van der Waals surface area contributed by atoms with Crippen LogP contribution in [0.15, 0.2) is 371 Å². The number of aryl methyl sites for hydroxylation is 2. The van der Waals surface area contributed by atoms with Gasteiger partial charge in [-0.1, -0.05) is 307 Å². The molecule has 13 nitrogen and oxygen atoms in total. The molecular weight excluding hydrogens is 1720 g/mol. The minimum atomic E-state index is 0.00486. The van der Waals surface area contributed by atoms with Crippen molar-refractivity contribution in [2.75, 3.05) is 0 Å². The molecule has 4 aromatic heterocycles. The van der Waals surface area contributed by atoms with E-state index < -0.39 is 0 Å². The number of hydrogen-bond acceptors (Lipinski definition) is 12. The highest BCUT2D eigenvalue weighted by molar-refractivity contribution is 7.01. The van der Waals surface area contributed by atoms with E-state index in [1.54, 1.807) is 53.6 Å². The maximum atomic E-state index is 6.51. The summed E-state index contributed by atoms with van der Waals surface area (Å²) in [6.07, 6.45) is 10.2. The van der Waals surface area contributed by atoms with Crippen LogP contribution in [0.4, 0.5) is 0 Å². The average molecular weight is 1810 g/mol. The van der Waals surface area contributed by atoms with Crippen molar-refractivity contribution in [2.24, 2.45) is 0 Å². The summed E-state index contributed by atoms with van der Waals surface area (Å²) in [5.74, 6) is 14.9. The first-order valence-electron chi connectivity index (χ1n) is 48.2. The van der Waals surface area contributed by atoms with Crippen LogP contribution in [0.1, 0.15) is 86.1 Å². The topological polar surface area (TPSA) is 127 Å². The first kappa shape index (κ1) is 81.6. The molecule has 20 aromatic rings. The Hall–Kier alpha value is -16.7. The van der Waals surface area contributed by atoms with Gasteiger partial charge in [0.25, 0.3) is 26.9 Å². The number of aromatic nitrogens is 4. The van der Waals surface area contributed by atoms with Crippen molar-refractivity contribution >= 4 is 137 Å². The molecule has 0 saturated heterocycles. The molecule has 16 aromatic carbocycles. The minimum absolute atomic E-state index is 0.00486. The molecule has 0 spiro atoms. The van der Waals surface area contributed by atoms with Gasteiger partial charge in [0.1, 0.15) is 103 Å². The van der Waals surface area contributed by atoms with Crippen molar-refractivity contribution in [1.29, 1.82) is 0 Å². The second-order valence-electron chi connectivity index (χ2n) is 39.8. The number of ether oxygens (including phenoxy) is 9. The molecule has 140 heavy (non-hydrogen) atoms. The molecule has 0 N–H and O–H groups in total. The van der Waals surface area contributed by atoms with Gasteiger partial charge in [0.15, 0.2) is 0 Å². The molecule has 0 atom stereocenters. The second kappa shape index (κ2) is 30.6. The lowest BCUT2D eigenvalue weighted by Crippen LogP contribution is -2.71. The number of rotatable bonds is 3. The van der Waals surface area contributed by atoms with E-state index in [1.807, 2.05) is 72.8 Å². The summed E-state index contributed by atoms with van der Waals surface area (Å²) >= 11 is 0. The molecule has 12 aliphatic rings. The minimum Gasteiger partial charge on any atom is -0.458 e. The molecule has 18 heteroatoms. The third kappa shape index (κ3) is 12.1. The maximum Gasteiger partial charge on any atom is 0.270 e. The number of fused-ring (bicyclic) bond motifs is 15. The molecule has 0 amide bonds. The van der Waals surface area contributed by atoms with E-state index in [1.165, 1.54) is 121 Å². The average Bonchev–Trinajstić information content (AvgIpc) is 0.797. The van der Waals surface area contributed by atoms with Gasteiger partial charge in [-0.05, 0) is 186 Å². The molecule has 12 aliphatic heterocycles. The number of para-hydroxylation sites is 6. The summed E-state index contributed by atoms with van der Waals surface area (Å²) in [5, 5.41) is 2.47. The Morgan fingerprint density at radius 3 is 0.800 bits per heavy atom. The first-order valence-corrected chi connectivity index (χ1v) is 48.2. The Morgan fingerprint density at radius 1 is 0.207 bits per heavy atom. The van der Waals surface area contributed by atoms with Crippen molar-refractivity contribution in [3.63, 3.8) is 0 Å². The van der Waals surface area contributed by atoms with E-state index >= 15 is 0 Å². The number of pyridine rings is 3. The van der Waals surface area contributed by atoms with Crippen molar-refractivity contribution in [3.8, 4) is 131 Å². The predicted molar refractivity (Wildman–Crippen MR) is 565 cm³/mol. The number of hydrogen-bond donors (Lipinski definition) is 0. The molecule has 16 heterocycles. The zero-order valence-electron chi connectivity index (χ0n) is 78.1. The van der Waals surface area contributed by atoms with Crippen molar-refractivity contribution in [2.45, 2.75) is 71.6 Å². The van der Waals surface area contributed by atoms with Gasteiger partial charge in [-0.25, -0.2) is 0 Å². The van der Waals surface area contributed by atoms with E-state index in [4.69, 9.17) is 42.6 Å². The number of benzene rings is 16. The lowest BCUT2D eigenvalue weighted by molar-refractivity contribution is 0.435. The highest BCUT2D eigenvalue weighted by Gasteiger charge is 2.55. The van der Waals surface area contributed by atoms with Gasteiger partial charge in [0.2, 0.25) is 6.71 Å². The quantitative estimate of drug-likeness (QED) is 0.156. The Balaban J connectivity index is 0.0000000870. The van der Waals surface area contributed by atoms with Crippen molar-refractivity contribution in [3.05, 3.63) is 415 Å². The van der Waals surface area contributed by atoms with E-state index in [0.29, 0.717) is 41.2 Å². The van der Waals surface area contributed by atoms with Crippen LogP contribution >= 0.6 is 0 Å². The molecule has 662 valence electrons. The van der Waals surface area contributed by atoms with Crippen LogP contribution in [0.3, 0.4) is 0 Å². The summed E-state index contributed by atoms with van der Waals surface area (Å²) in [6.45, 7) is 19.6. The summed E-state index contributed by atoms with van der Waals surface area (Å²) < 4.78 is 58.2. The molecule has 32 rings (SSSR count). The van der Waals surface area contributed by atoms with Crippen LogP contribution in [0.5, 0.6) is 103 Å². The normalized spacial score (nSPS) is 14.8. The molecular formula is C122H85B5N4O9. The molecule has 0 bridgehead atoms. The van der Waals surface area contributed by atoms with E-state index in [9.17, 15) is 0 Å². The van der Waals surface area contributed by atoms with Gasteiger partial charge in [-0.2, -0.15) is 0 Å². The van der Waals surface area contributed by atoms with Crippen LogP contribution in [-0.4, -0.2) is 53.1 Å². The van der Waals surface area contributed by atoms with E-state index in [-0.39, 0.29) is 43.1 Å². The SMILES string of the molecule is CC1(C)c2cccc3c2B2c4c1cccc4C(C)(C)c1cccc(c12)C3(C)C.Cc1ccccc1-c1ccc2c(c1)Oc1cccc3c1B2c1ccc(-c2ccccc2C)cc1O3.c1ccc2c(c1)Oc1cc(-n3c4ccccc4c4ccccc43)cc3c1B2c1ccccc1O3.c1ccc2c(c1)Oc1cccc3c1B2c1ccccc1O3.c1ncc2c3c1Oc1cncc4c1B3c1c(cncc1O4)O2. The maximum absolute atomic E-state index is 6.51. The van der Waals surface area contributed by atoms with Gasteiger partial charge < -0.3 is 47.2 Å². The Kier molecular flexibility index (Phi) is 17.9. The number of nitrogens with zero attached hydrogens (tertiary/aromatic N) is 4. The Labute approximate surface area is 812 Å². The zero-order chi connectivity index (χ0) is 93.5. The van der Waals surface area contributed by atoms with E-state index in [2.05, 4.69) is 336 Å². The lowest BCUT2D eigenvalue weighted by atomic mass is 9.23. The predicted octanol–water partition coefficient (Wildman–Crippen LogP) is 19.1. The standard InChI is InChI=1S/C32H23BO2.C30H18BNO2.C27H27B.C18H11BO2.C15H6BN3O3/c1-20-8-3-5-10-24(20)22-14-16-26-30(18-22)34-28-12-7-13-29-32(28)33(26)27-17-15-23(19-31(27)35-29)25-11-6-4-9-21(25)2;1-5-13-24-20(9-1)21-10-2-6-14-25(21)32(24)19-17-28-30-29(18-19)34-27-16-8-4-12-23(27)31(30)22-11-3-7-15-26(22)33-28;1-25(2)16-10-7-12-18-22(16)28-23-17(25)11-8-13-19(23)27(5,6)21-15-9-14-20(24(21)28)26(18,3)4;1-3-8-14-12(6-1)19-13-7-2-4-9-15(13)21-17-11-5-10-16(20-14)18(17)19;1-7-13-8(2-17-1)21-11-5-19-6-12-15(11)16(13)14-9(20-7)3-18-4-10(14)22-12/h3-19H,1-2H3;1-18H;7-15H,1-6H3;1-11H;1-6H. The highest BCUT2D eigenvalue weighted by Crippen LogP contribution is 2.50. The third-order valence-electron chi connectivity index (χ3n) is 31.1. The second-order valence-corrected chi connectivity index (χ2v) is 39.8. The summed E-state index contributed by atoms with van der Waals surface area (Å²) in [4.78, 5) is 12.6. The smallest absolute Gasteiger partial charge is 0.270 e. The van der Waals surface area contributed by atoms with Crippen molar-refractivity contribution in [1.82, 2.24) is 19.5 Å². The monoisotopic (exact) mass is 1800 g/mol. The Morgan fingerprint density at radius 2 is 0.457 bits per heavy atom. The fourth-order valence-corrected chi connectivity index (χ4v) is 24.8. The summed E-state index contributed by atoms with van der Waals surface area (Å²) in [6, 6.07) is 118. The largest absolute Gasteiger partial charge is 0.458 e. The molecule has 0 unspecified atom stereocenters. The zero-order valence-corrected chi connectivity index (χ0v) is 78.1. The van der Waals surface area contributed by atoms with Crippen LogP contribution in [-0.2, 0) is 16.2 Å². The highest BCUT2D eigenvalue weighted by atomic mass is 16.5. The first-order chi connectivity index (χ1) is 68.5. The molecule has 0 saturated carbocycles. The molecule has 0 aliphatic carbocycles.